The summed E-state index contributed by atoms with van der Waals surface area (Å²) in [5, 5.41) is 0. The fraction of sp³-hybridized carbons (Fsp3) is 0.545. The van der Waals surface area contributed by atoms with Crippen LogP contribution < -0.4 is 0 Å². The van der Waals surface area contributed by atoms with E-state index in [0.29, 0.717) is 0 Å². The molecule has 0 spiro atoms. The summed E-state index contributed by atoms with van der Waals surface area (Å²) < 4.78 is 0. The van der Waals surface area contributed by atoms with Crippen LogP contribution in [0.3, 0.4) is 0 Å². The van der Waals surface area contributed by atoms with Crippen molar-refractivity contribution >= 4 is 0 Å². The smallest absolute Gasteiger partial charge is 0.346 e. The minimum absolute atomic E-state index is 0. The van der Waals surface area contributed by atoms with Crippen molar-refractivity contribution in [3.63, 3.8) is 0 Å². The molecule has 0 atom stereocenters. The van der Waals surface area contributed by atoms with Crippen LogP contribution in [0.4, 0.5) is 0 Å². The van der Waals surface area contributed by atoms with Crippen molar-refractivity contribution < 1.29 is 22.4 Å². The second-order valence-corrected chi connectivity index (χ2v) is 0.500. The Labute approximate surface area is 98.0 Å². The molecule has 0 rings (SSSR count). The van der Waals surface area contributed by atoms with E-state index in [9.17, 15) is 0 Å². The van der Waals surface area contributed by atoms with Crippen molar-refractivity contribution in [3.05, 3.63) is 34.6 Å². The summed E-state index contributed by atoms with van der Waals surface area (Å²) >= 11 is 0. The second-order valence-electron chi connectivity index (χ2n) is 0.500. The average molecular weight is 252 g/mol. The second kappa shape index (κ2) is 447. The van der Waals surface area contributed by atoms with E-state index in [1.54, 1.807) is 27.7 Å². The van der Waals surface area contributed by atoms with Gasteiger partial charge in [0.25, 0.3) is 0 Å². The van der Waals surface area contributed by atoms with Crippen LogP contribution in [0.15, 0.2) is 0 Å². The molecular formula is C11H27Nb. The van der Waals surface area contributed by atoms with Crippen LogP contribution in [0.1, 0.15) is 41.0 Å². The van der Waals surface area contributed by atoms with Gasteiger partial charge in [0.15, 0.2) is 0 Å². The van der Waals surface area contributed by atoms with E-state index in [2.05, 4.69) is 34.6 Å². The first-order chi connectivity index (χ1) is 5.41. The Kier molecular flexibility index (Phi) is 1440. The van der Waals surface area contributed by atoms with Gasteiger partial charge in [-0.15, -0.1) is 0 Å². The maximum absolute atomic E-state index is 3.49. The Balaban J connectivity index is -0.00000000933. The third-order valence-corrected chi connectivity index (χ3v) is 0. The monoisotopic (exact) mass is 252 g/mol. The summed E-state index contributed by atoms with van der Waals surface area (Å²) in [5.74, 6) is 0. The molecule has 1 heteroatoms. The Morgan fingerprint density at radius 2 is 0.667 bits per heavy atom. The molecule has 0 aromatic rings. The molecule has 0 saturated carbocycles. The van der Waals surface area contributed by atoms with Gasteiger partial charge in [-0.25, -0.2) is 0 Å². The van der Waals surface area contributed by atoms with Crippen molar-refractivity contribution in [1.29, 1.82) is 0 Å². The molecular weight excluding hydrogens is 225 g/mol. The molecule has 0 aromatic heterocycles. The molecule has 0 amide bonds. The van der Waals surface area contributed by atoms with Gasteiger partial charge in [-0.3, -0.25) is 0 Å². The van der Waals surface area contributed by atoms with Gasteiger partial charge in [-0.2, -0.15) is 34.1 Å². The molecule has 0 unspecified atom stereocenters. The summed E-state index contributed by atoms with van der Waals surface area (Å²) in [6.07, 6.45) is 1.00. The van der Waals surface area contributed by atoms with Crippen molar-refractivity contribution in [2.24, 2.45) is 0 Å². The molecule has 0 aliphatic heterocycles. The zero-order chi connectivity index (χ0) is 10.7. The molecule has 0 fully saturated rings. The molecule has 0 aliphatic rings. The largest absolute Gasteiger partial charge is 5.00 e. The summed E-state index contributed by atoms with van der Waals surface area (Å²) in [4.78, 5) is 0. The van der Waals surface area contributed by atoms with Crippen LogP contribution in [0.2, 0.25) is 0 Å². The van der Waals surface area contributed by atoms with Gasteiger partial charge < -0.3 is 34.6 Å². The van der Waals surface area contributed by atoms with Crippen LogP contribution in [-0.2, 0) is 22.4 Å². The molecule has 0 bridgehead atoms. The Morgan fingerprint density at radius 3 is 0.667 bits per heavy atom. The number of rotatable bonds is 0. The molecule has 76 valence electrons. The summed E-state index contributed by atoms with van der Waals surface area (Å²) in [6, 6.07) is 0. The molecule has 0 heterocycles. The fourth-order valence-corrected chi connectivity index (χ4v) is 0. The molecule has 0 aromatic carbocycles. The van der Waals surface area contributed by atoms with Crippen LogP contribution >= 0.6 is 0 Å². The first-order valence-corrected chi connectivity index (χ1v) is 4.04. The molecule has 12 heavy (non-hydrogen) atoms. The quantitative estimate of drug-likeness (QED) is 0.437. The standard InChI is InChI=1S/C3H7.4C2H5.Nb/c1-3-2;4*1-2;/h1,3H2,2H3;4*1H2,2H3;/q5*-1;+5. The Bertz CT molecular complexity index is 4.97. The van der Waals surface area contributed by atoms with Crippen molar-refractivity contribution in [3.8, 4) is 0 Å². The van der Waals surface area contributed by atoms with Crippen molar-refractivity contribution in [2.75, 3.05) is 0 Å². The normalized spacial score (nSPS) is 3.50. The first-order valence-electron chi connectivity index (χ1n) is 4.04. The van der Waals surface area contributed by atoms with Gasteiger partial charge in [0.1, 0.15) is 0 Å². The third kappa shape index (κ3) is 1860. The first kappa shape index (κ1) is 38.7. The van der Waals surface area contributed by atoms with E-state index in [0.717, 1.165) is 6.42 Å². The van der Waals surface area contributed by atoms with E-state index >= 15 is 0 Å². The van der Waals surface area contributed by atoms with Gasteiger partial charge in [0.05, 0.1) is 0 Å². The SMILES string of the molecule is [CH2-]C.[CH2-]C.[CH2-]C.[CH2-]C.[CH2-]CC.[Nb+5]. The zero-order valence-electron chi connectivity index (χ0n) is 9.69. The van der Waals surface area contributed by atoms with Gasteiger partial charge in [0.2, 0.25) is 0 Å². The average Bonchev–Trinajstić information content (AvgIpc) is 2.18. The maximum atomic E-state index is 3.49. The maximum Gasteiger partial charge on any atom is 5.00 e. The van der Waals surface area contributed by atoms with Crippen LogP contribution in [0, 0.1) is 34.6 Å². The summed E-state index contributed by atoms with van der Waals surface area (Å²) in [6.45, 7) is 25.5. The van der Waals surface area contributed by atoms with Gasteiger partial charge in [-0.1, -0.05) is 6.92 Å². The number of hydrogen-bond donors (Lipinski definition) is 0. The predicted octanol–water partition coefficient (Wildman–Crippen LogP) is 4.59. The minimum Gasteiger partial charge on any atom is -0.346 e. The van der Waals surface area contributed by atoms with Gasteiger partial charge >= 0.3 is 22.4 Å². The van der Waals surface area contributed by atoms with Crippen LogP contribution in [-0.4, -0.2) is 0 Å². The molecule has 0 radical (unpaired) electrons. The van der Waals surface area contributed by atoms with Crippen molar-refractivity contribution in [1.82, 2.24) is 0 Å². The molecule has 0 N–H and O–H groups in total. The minimum atomic E-state index is 0. The molecule has 0 saturated heterocycles. The molecule has 0 aliphatic carbocycles. The molecule has 0 nitrogen and oxygen atoms in total. The van der Waals surface area contributed by atoms with Crippen LogP contribution in [0.5, 0.6) is 0 Å². The topological polar surface area (TPSA) is 0 Å². The van der Waals surface area contributed by atoms with Crippen molar-refractivity contribution in [2.45, 2.75) is 41.0 Å². The third-order valence-electron chi connectivity index (χ3n) is 0. The zero-order valence-corrected chi connectivity index (χ0v) is 11.9. The summed E-state index contributed by atoms with van der Waals surface area (Å²) in [5.41, 5.74) is 0. The van der Waals surface area contributed by atoms with E-state index in [-0.39, 0.29) is 22.4 Å². The van der Waals surface area contributed by atoms with Gasteiger partial charge in [-0.05, 0) is 0 Å². The van der Waals surface area contributed by atoms with E-state index in [4.69, 9.17) is 0 Å². The predicted molar refractivity (Wildman–Crippen MR) is 59.8 cm³/mol. The van der Waals surface area contributed by atoms with E-state index in [1.165, 1.54) is 0 Å². The van der Waals surface area contributed by atoms with Gasteiger partial charge in [0, 0.05) is 0 Å². The Morgan fingerprint density at radius 1 is 0.667 bits per heavy atom. The Hall–Kier alpha value is 0.740. The van der Waals surface area contributed by atoms with E-state index < -0.39 is 0 Å². The number of hydrogen-bond acceptors (Lipinski definition) is 0. The van der Waals surface area contributed by atoms with Crippen LogP contribution in [0.25, 0.3) is 0 Å². The van der Waals surface area contributed by atoms with E-state index in [1.807, 2.05) is 6.92 Å². The fourth-order valence-electron chi connectivity index (χ4n) is 0. The summed E-state index contributed by atoms with van der Waals surface area (Å²) in [7, 11) is 0.